The number of carbonyl (C=O) groups excluding carboxylic acids is 1. The topological polar surface area (TPSA) is 26.3 Å². The average molecular weight is 393 g/mol. The number of carbonyl (C=O) groups is 1. The van der Waals surface area contributed by atoms with E-state index in [1.165, 1.54) is 6.04 Å². The van der Waals surface area contributed by atoms with Crippen molar-refractivity contribution < 1.29 is 9.53 Å². The Balaban J connectivity index is 3.44. The minimum atomic E-state index is -1.62. The summed E-state index contributed by atoms with van der Waals surface area (Å²) in [6.45, 7) is 25.2. The largest absolute Gasteiger partial charge is 0.378 e. The van der Waals surface area contributed by atoms with Crippen molar-refractivity contribution >= 4 is 13.9 Å². The van der Waals surface area contributed by atoms with Gasteiger partial charge in [-0.25, -0.2) is 0 Å². The van der Waals surface area contributed by atoms with Crippen LogP contribution in [0.25, 0.3) is 0 Å². The van der Waals surface area contributed by atoms with E-state index in [4.69, 9.17) is 4.74 Å². The number of rotatable bonds is 11. The molecule has 0 heterocycles. The van der Waals surface area contributed by atoms with Gasteiger partial charge in [0.05, 0.1) is 14.2 Å². The first-order valence-corrected chi connectivity index (χ1v) is 13.4. The molecule has 2 nitrogen and oxygen atoms in total. The standard InChI is InChI=1S/C24H44O2Si/c1-10-13-24(14-11-2)21(15-22(26-12-3)16-23(24)25)17-27(18(4)5,19(6)7)20(8)9/h10-11,18-22H,1-2,12-17H2,3-9H3. The molecule has 1 fully saturated rings. The van der Waals surface area contributed by atoms with Gasteiger partial charge in [0, 0.05) is 18.4 Å². The van der Waals surface area contributed by atoms with Crippen LogP contribution in [0, 0.1) is 11.3 Å². The molecular weight excluding hydrogens is 348 g/mol. The SMILES string of the molecule is C=CCC1(CC=C)C(=O)CC(OCC)CC1C[Si](C(C)C)(C(C)C)C(C)C. The van der Waals surface area contributed by atoms with Gasteiger partial charge in [-0.3, -0.25) is 4.79 Å². The van der Waals surface area contributed by atoms with Crippen molar-refractivity contribution in [3.8, 4) is 0 Å². The molecule has 2 atom stereocenters. The van der Waals surface area contributed by atoms with Crippen molar-refractivity contribution in [3.05, 3.63) is 25.3 Å². The average Bonchev–Trinajstić information content (AvgIpc) is 2.56. The normalized spacial score (nSPS) is 23.3. The maximum atomic E-state index is 13.4. The highest BCUT2D eigenvalue weighted by atomic mass is 28.3. The van der Waals surface area contributed by atoms with Gasteiger partial charge in [-0.1, -0.05) is 76.4 Å². The molecule has 1 saturated carbocycles. The van der Waals surface area contributed by atoms with Gasteiger partial charge in [-0.05, 0) is 32.1 Å². The number of allylic oxidation sites excluding steroid dienone is 2. The van der Waals surface area contributed by atoms with Crippen molar-refractivity contribution in [3.63, 3.8) is 0 Å². The van der Waals surface area contributed by atoms with E-state index in [-0.39, 0.29) is 11.5 Å². The second-order valence-corrected chi connectivity index (χ2v) is 15.7. The smallest absolute Gasteiger partial charge is 0.142 e. The van der Waals surface area contributed by atoms with Crippen molar-refractivity contribution in [2.24, 2.45) is 11.3 Å². The van der Waals surface area contributed by atoms with Crippen molar-refractivity contribution in [2.75, 3.05) is 6.61 Å². The maximum absolute atomic E-state index is 13.4. The van der Waals surface area contributed by atoms with Crippen LogP contribution in [0.1, 0.15) is 74.1 Å². The predicted octanol–water partition coefficient (Wildman–Crippen LogP) is 7.19. The van der Waals surface area contributed by atoms with E-state index in [2.05, 4.69) is 54.7 Å². The molecule has 0 bridgehead atoms. The lowest BCUT2D eigenvalue weighted by atomic mass is 9.61. The Bertz CT molecular complexity index is 475. The molecule has 1 rings (SSSR count). The molecule has 0 radical (unpaired) electrons. The zero-order valence-corrected chi connectivity index (χ0v) is 20.0. The Hall–Kier alpha value is -0.673. The maximum Gasteiger partial charge on any atom is 0.142 e. The molecular formula is C24H44O2Si. The lowest BCUT2D eigenvalue weighted by Gasteiger charge is -2.52. The van der Waals surface area contributed by atoms with Crippen LogP contribution >= 0.6 is 0 Å². The molecule has 3 heteroatoms. The Kier molecular flexibility index (Phi) is 9.21. The van der Waals surface area contributed by atoms with Crippen LogP contribution in [0.4, 0.5) is 0 Å². The van der Waals surface area contributed by atoms with Crippen molar-refractivity contribution in [1.29, 1.82) is 0 Å². The summed E-state index contributed by atoms with van der Waals surface area (Å²) in [5, 5.41) is 0. The molecule has 0 aromatic carbocycles. The van der Waals surface area contributed by atoms with Crippen LogP contribution in [0.5, 0.6) is 0 Å². The minimum Gasteiger partial charge on any atom is -0.378 e. The van der Waals surface area contributed by atoms with Gasteiger partial charge in [-0.2, -0.15) is 0 Å². The van der Waals surface area contributed by atoms with E-state index in [0.717, 1.165) is 19.3 Å². The van der Waals surface area contributed by atoms with Gasteiger partial charge in [0.15, 0.2) is 0 Å². The quantitative estimate of drug-likeness (QED) is 0.275. The number of hydrogen-bond acceptors (Lipinski definition) is 2. The van der Waals surface area contributed by atoms with Gasteiger partial charge in [0.1, 0.15) is 5.78 Å². The lowest BCUT2D eigenvalue weighted by Crippen LogP contribution is -2.53. The molecule has 1 aliphatic rings. The fourth-order valence-corrected chi connectivity index (χ4v) is 13.0. The monoisotopic (exact) mass is 392 g/mol. The third kappa shape index (κ3) is 4.85. The summed E-state index contributed by atoms with van der Waals surface area (Å²) < 4.78 is 5.97. The van der Waals surface area contributed by atoms with E-state index in [0.29, 0.717) is 41.4 Å². The van der Waals surface area contributed by atoms with E-state index >= 15 is 0 Å². The summed E-state index contributed by atoms with van der Waals surface area (Å²) in [5.74, 6) is 0.737. The Morgan fingerprint density at radius 2 is 1.56 bits per heavy atom. The van der Waals surface area contributed by atoms with E-state index < -0.39 is 8.07 Å². The van der Waals surface area contributed by atoms with E-state index in [9.17, 15) is 4.79 Å². The number of ether oxygens (including phenoxy) is 1. The molecule has 156 valence electrons. The molecule has 0 saturated heterocycles. The summed E-state index contributed by atoms with van der Waals surface area (Å²) in [5.41, 5.74) is 1.77. The number of Topliss-reactive ketones (excluding diaryl/α,β-unsaturated/α-hetero) is 1. The van der Waals surface area contributed by atoms with Gasteiger partial charge in [-0.15, -0.1) is 13.2 Å². The van der Waals surface area contributed by atoms with Gasteiger partial charge in [0.2, 0.25) is 0 Å². The van der Waals surface area contributed by atoms with E-state index in [1.807, 2.05) is 19.1 Å². The lowest BCUT2D eigenvalue weighted by molar-refractivity contribution is -0.141. The Labute approximate surface area is 169 Å². The van der Waals surface area contributed by atoms with Crippen LogP contribution in [-0.2, 0) is 9.53 Å². The second-order valence-electron chi connectivity index (χ2n) is 9.56. The minimum absolute atomic E-state index is 0.0773. The first-order valence-electron chi connectivity index (χ1n) is 11.0. The summed E-state index contributed by atoms with van der Waals surface area (Å²) in [6.07, 6.45) is 7.07. The van der Waals surface area contributed by atoms with Crippen LogP contribution in [0.15, 0.2) is 25.3 Å². The van der Waals surface area contributed by atoms with Crippen LogP contribution in [0.2, 0.25) is 22.7 Å². The molecule has 0 spiro atoms. The van der Waals surface area contributed by atoms with Gasteiger partial charge in [0.25, 0.3) is 0 Å². The van der Waals surface area contributed by atoms with Crippen molar-refractivity contribution in [1.82, 2.24) is 0 Å². The van der Waals surface area contributed by atoms with E-state index in [1.54, 1.807) is 0 Å². The molecule has 1 aliphatic carbocycles. The molecule has 2 unspecified atom stereocenters. The first-order chi connectivity index (χ1) is 12.6. The van der Waals surface area contributed by atoms with Crippen LogP contribution < -0.4 is 0 Å². The summed E-state index contributed by atoms with van der Waals surface area (Å²) in [6, 6.07) is 1.21. The van der Waals surface area contributed by atoms with Crippen LogP contribution in [-0.4, -0.2) is 26.6 Å². The first kappa shape index (κ1) is 24.4. The fourth-order valence-electron chi connectivity index (χ4n) is 6.20. The molecule has 0 N–H and O–H groups in total. The highest BCUT2D eigenvalue weighted by Gasteiger charge is 2.53. The van der Waals surface area contributed by atoms with Gasteiger partial charge >= 0.3 is 0 Å². The summed E-state index contributed by atoms with van der Waals surface area (Å²) >= 11 is 0. The predicted molar refractivity (Wildman–Crippen MR) is 121 cm³/mol. The molecule has 0 aliphatic heterocycles. The fraction of sp³-hybridized carbons (Fsp3) is 0.792. The third-order valence-corrected chi connectivity index (χ3v) is 15.2. The molecule has 0 aromatic heterocycles. The molecule has 0 amide bonds. The van der Waals surface area contributed by atoms with Crippen molar-refractivity contribution in [2.45, 2.75) is 103 Å². The van der Waals surface area contributed by atoms with Gasteiger partial charge < -0.3 is 4.74 Å². The highest BCUT2D eigenvalue weighted by Crippen LogP contribution is 2.54. The van der Waals surface area contributed by atoms with Crippen LogP contribution in [0.3, 0.4) is 0 Å². The number of hydrogen-bond donors (Lipinski definition) is 0. The highest BCUT2D eigenvalue weighted by molar-refractivity contribution is 6.83. The molecule has 27 heavy (non-hydrogen) atoms. The number of ketones is 1. The Morgan fingerprint density at radius 1 is 1.07 bits per heavy atom. The Morgan fingerprint density at radius 3 is 1.93 bits per heavy atom. The zero-order valence-electron chi connectivity index (χ0n) is 19.0. The molecule has 0 aromatic rings. The zero-order chi connectivity index (χ0) is 20.8. The summed E-state index contributed by atoms with van der Waals surface area (Å²) in [7, 11) is -1.62. The third-order valence-electron chi connectivity index (χ3n) is 7.54. The summed E-state index contributed by atoms with van der Waals surface area (Å²) in [4.78, 5) is 13.4. The second kappa shape index (κ2) is 10.2.